The van der Waals surface area contributed by atoms with E-state index in [4.69, 9.17) is 0 Å². The van der Waals surface area contributed by atoms with E-state index in [0.717, 1.165) is 24.8 Å². The normalized spacial score (nSPS) is 16.1. The summed E-state index contributed by atoms with van der Waals surface area (Å²) >= 11 is 1.47. The summed E-state index contributed by atoms with van der Waals surface area (Å²) < 4.78 is 0. The van der Waals surface area contributed by atoms with E-state index in [1.807, 2.05) is 0 Å². The summed E-state index contributed by atoms with van der Waals surface area (Å²) in [6.45, 7) is 2.19. The van der Waals surface area contributed by atoms with Gasteiger partial charge in [0.05, 0.1) is 10.5 Å². The summed E-state index contributed by atoms with van der Waals surface area (Å²) in [6, 6.07) is 8.26. The van der Waals surface area contributed by atoms with Gasteiger partial charge in [0.2, 0.25) is 5.91 Å². The lowest BCUT2D eigenvalue weighted by atomic mass is 9.89. The van der Waals surface area contributed by atoms with Crippen LogP contribution in [-0.2, 0) is 17.6 Å². The standard InChI is InChI=1S/C19H17N3O3S/c1-12-5-7-15-16(11-20)19(26-17(15)9-12)21-18(23)8-6-13-3-2-4-14(10-13)22(24)25/h2-4,6,8,10,12H,5,7,9H2,1H3,(H,21,23). The van der Waals surface area contributed by atoms with Gasteiger partial charge in [0.1, 0.15) is 11.1 Å². The van der Waals surface area contributed by atoms with Crippen LogP contribution in [0.5, 0.6) is 0 Å². The van der Waals surface area contributed by atoms with Crippen LogP contribution < -0.4 is 5.32 Å². The highest BCUT2D eigenvalue weighted by molar-refractivity contribution is 7.16. The van der Waals surface area contributed by atoms with Crippen molar-refractivity contribution in [3.05, 3.63) is 62.0 Å². The van der Waals surface area contributed by atoms with Crippen LogP contribution in [0.4, 0.5) is 10.7 Å². The smallest absolute Gasteiger partial charge is 0.270 e. The fourth-order valence-corrected chi connectivity index (χ4v) is 4.39. The lowest BCUT2D eigenvalue weighted by Gasteiger charge is -2.17. The molecule has 26 heavy (non-hydrogen) atoms. The van der Waals surface area contributed by atoms with Gasteiger partial charge in [0, 0.05) is 23.1 Å². The maximum Gasteiger partial charge on any atom is 0.270 e. The number of hydrogen-bond donors (Lipinski definition) is 1. The first kappa shape index (κ1) is 17.8. The van der Waals surface area contributed by atoms with Crippen molar-refractivity contribution in [2.75, 3.05) is 5.32 Å². The number of nitriles is 1. The molecule has 1 aromatic heterocycles. The molecule has 1 N–H and O–H groups in total. The second-order valence-corrected chi connectivity index (χ2v) is 7.45. The highest BCUT2D eigenvalue weighted by atomic mass is 32.1. The van der Waals surface area contributed by atoms with Gasteiger partial charge in [-0.05, 0) is 42.4 Å². The number of nitrogens with one attached hydrogen (secondary N) is 1. The molecule has 3 rings (SSSR count). The predicted octanol–water partition coefficient (Wildman–Crippen LogP) is 4.30. The van der Waals surface area contributed by atoms with E-state index in [2.05, 4.69) is 18.3 Å². The molecule has 1 aromatic carbocycles. The van der Waals surface area contributed by atoms with Crippen molar-refractivity contribution in [1.82, 2.24) is 0 Å². The molecule has 132 valence electrons. The fraction of sp³-hybridized carbons (Fsp3) is 0.263. The quantitative estimate of drug-likeness (QED) is 0.495. The molecule has 1 atom stereocenters. The number of nitro groups is 1. The first-order valence-electron chi connectivity index (χ1n) is 8.26. The monoisotopic (exact) mass is 367 g/mol. The maximum atomic E-state index is 12.2. The Morgan fingerprint density at radius 2 is 2.31 bits per heavy atom. The molecule has 1 unspecified atom stereocenters. The zero-order valence-corrected chi connectivity index (χ0v) is 15.0. The van der Waals surface area contributed by atoms with Gasteiger partial charge >= 0.3 is 0 Å². The number of nitro benzene ring substituents is 1. The molecule has 0 aliphatic heterocycles. The number of carbonyl (C=O) groups is 1. The van der Waals surface area contributed by atoms with Crippen LogP contribution in [0, 0.1) is 27.4 Å². The van der Waals surface area contributed by atoms with Crippen LogP contribution in [-0.4, -0.2) is 10.8 Å². The Balaban J connectivity index is 1.76. The van der Waals surface area contributed by atoms with E-state index >= 15 is 0 Å². The van der Waals surface area contributed by atoms with Crippen molar-refractivity contribution in [3.8, 4) is 6.07 Å². The fourth-order valence-electron chi connectivity index (χ4n) is 3.02. The zero-order valence-electron chi connectivity index (χ0n) is 14.2. The number of anilines is 1. The van der Waals surface area contributed by atoms with Crippen molar-refractivity contribution in [1.29, 1.82) is 5.26 Å². The third kappa shape index (κ3) is 3.81. The van der Waals surface area contributed by atoms with Crippen LogP contribution >= 0.6 is 11.3 Å². The molecule has 2 aromatic rings. The number of carbonyl (C=O) groups excluding carboxylic acids is 1. The Morgan fingerprint density at radius 1 is 1.50 bits per heavy atom. The lowest BCUT2D eigenvalue weighted by Crippen LogP contribution is -2.10. The lowest BCUT2D eigenvalue weighted by molar-refractivity contribution is -0.384. The molecular formula is C19H17N3O3S. The number of rotatable bonds is 4. The SMILES string of the molecule is CC1CCc2c(sc(NC(=O)C=Cc3cccc([N+](=O)[O-])c3)c2C#N)C1. The average molecular weight is 367 g/mol. The minimum absolute atomic E-state index is 0.0284. The molecule has 0 saturated carbocycles. The molecule has 1 aliphatic carbocycles. The second kappa shape index (κ2) is 7.50. The highest BCUT2D eigenvalue weighted by Crippen LogP contribution is 2.39. The molecular weight excluding hydrogens is 350 g/mol. The van der Waals surface area contributed by atoms with Crippen molar-refractivity contribution < 1.29 is 9.72 Å². The van der Waals surface area contributed by atoms with Gasteiger partial charge in [-0.25, -0.2) is 0 Å². The van der Waals surface area contributed by atoms with Gasteiger partial charge < -0.3 is 5.32 Å². The predicted molar refractivity (Wildman–Crippen MR) is 101 cm³/mol. The molecule has 1 aliphatic rings. The van der Waals surface area contributed by atoms with E-state index in [1.165, 1.54) is 40.5 Å². The van der Waals surface area contributed by atoms with Gasteiger partial charge in [0.25, 0.3) is 5.69 Å². The highest BCUT2D eigenvalue weighted by Gasteiger charge is 2.24. The number of benzene rings is 1. The zero-order chi connectivity index (χ0) is 18.7. The van der Waals surface area contributed by atoms with E-state index in [-0.39, 0.29) is 11.6 Å². The average Bonchev–Trinajstić information content (AvgIpc) is 2.96. The van der Waals surface area contributed by atoms with Gasteiger partial charge in [-0.3, -0.25) is 14.9 Å². The van der Waals surface area contributed by atoms with Crippen molar-refractivity contribution in [2.24, 2.45) is 5.92 Å². The summed E-state index contributed by atoms with van der Waals surface area (Å²) in [5.41, 5.74) is 2.16. The Kier molecular flexibility index (Phi) is 5.14. The maximum absolute atomic E-state index is 12.2. The van der Waals surface area contributed by atoms with Crippen LogP contribution in [0.3, 0.4) is 0 Å². The number of fused-ring (bicyclic) bond motifs is 1. The number of nitrogens with zero attached hydrogens (tertiary/aromatic N) is 2. The van der Waals surface area contributed by atoms with Crippen molar-refractivity contribution in [3.63, 3.8) is 0 Å². The first-order valence-corrected chi connectivity index (χ1v) is 9.07. The number of thiophene rings is 1. The van der Waals surface area contributed by atoms with Crippen LogP contribution in [0.15, 0.2) is 30.3 Å². The van der Waals surface area contributed by atoms with Crippen LogP contribution in [0.1, 0.15) is 34.9 Å². The largest absolute Gasteiger partial charge is 0.313 e. The third-order valence-electron chi connectivity index (χ3n) is 4.37. The van der Waals surface area contributed by atoms with Gasteiger partial charge in [-0.15, -0.1) is 11.3 Å². The summed E-state index contributed by atoms with van der Waals surface area (Å²) in [5, 5.41) is 23.6. The molecule has 1 heterocycles. The molecule has 0 fully saturated rings. The number of non-ortho nitro benzene ring substituents is 1. The topological polar surface area (TPSA) is 96.0 Å². The number of hydrogen-bond acceptors (Lipinski definition) is 5. The number of amides is 1. The summed E-state index contributed by atoms with van der Waals surface area (Å²) in [6.07, 6.45) is 5.70. The molecule has 7 heteroatoms. The minimum Gasteiger partial charge on any atom is -0.313 e. The van der Waals surface area contributed by atoms with E-state index in [1.54, 1.807) is 12.1 Å². The molecule has 6 nitrogen and oxygen atoms in total. The molecule has 0 saturated heterocycles. The van der Waals surface area contributed by atoms with E-state index in [0.29, 0.717) is 22.0 Å². The Morgan fingerprint density at radius 3 is 3.04 bits per heavy atom. The van der Waals surface area contributed by atoms with Crippen LogP contribution in [0.2, 0.25) is 0 Å². The van der Waals surface area contributed by atoms with E-state index < -0.39 is 4.92 Å². The summed E-state index contributed by atoms with van der Waals surface area (Å²) in [7, 11) is 0. The first-order chi connectivity index (χ1) is 12.5. The minimum atomic E-state index is -0.478. The summed E-state index contributed by atoms with van der Waals surface area (Å²) in [4.78, 5) is 23.7. The molecule has 0 radical (unpaired) electrons. The van der Waals surface area contributed by atoms with E-state index in [9.17, 15) is 20.2 Å². The third-order valence-corrected chi connectivity index (χ3v) is 5.54. The summed E-state index contributed by atoms with van der Waals surface area (Å²) in [5.74, 6) is 0.227. The van der Waals surface area contributed by atoms with Crippen molar-refractivity contribution in [2.45, 2.75) is 26.2 Å². The Bertz CT molecular complexity index is 940. The Hall–Kier alpha value is -2.98. The Labute approximate surface area is 154 Å². The molecule has 0 spiro atoms. The van der Waals surface area contributed by atoms with Crippen molar-refractivity contribution >= 4 is 34.0 Å². The van der Waals surface area contributed by atoms with Gasteiger partial charge in [-0.2, -0.15) is 5.26 Å². The molecule has 0 bridgehead atoms. The molecule has 1 amide bonds. The second-order valence-electron chi connectivity index (χ2n) is 6.34. The van der Waals surface area contributed by atoms with Gasteiger partial charge in [-0.1, -0.05) is 19.1 Å². The van der Waals surface area contributed by atoms with Gasteiger partial charge in [0.15, 0.2) is 0 Å². The van der Waals surface area contributed by atoms with Crippen LogP contribution in [0.25, 0.3) is 6.08 Å².